The average Bonchev–Trinajstić information content (AvgIpc) is 2.61. The number of rotatable bonds is 3. The molecule has 0 radical (unpaired) electrons. The van der Waals surface area contributed by atoms with Crippen molar-refractivity contribution in [3.8, 4) is 0 Å². The fourth-order valence-electron chi connectivity index (χ4n) is 2.74. The van der Waals surface area contributed by atoms with Crippen molar-refractivity contribution in [3.05, 3.63) is 60.7 Å². The molecule has 1 aliphatic heterocycles. The minimum atomic E-state index is -3.98. The van der Waals surface area contributed by atoms with Gasteiger partial charge in [0.1, 0.15) is 11.2 Å². The van der Waals surface area contributed by atoms with Crippen LogP contribution < -0.4 is 10.0 Å². The van der Waals surface area contributed by atoms with Crippen LogP contribution >= 0.6 is 0 Å². The van der Waals surface area contributed by atoms with E-state index in [1.165, 1.54) is 12.1 Å². The van der Waals surface area contributed by atoms with Gasteiger partial charge in [-0.1, -0.05) is 36.4 Å². The van der Waals surface area contributed by atoms with E-state index in [2.05, 4.69) is 14.4 Å². The topological polar surface area (TPSA) is 105 Å². The number of nitrogens with one attached hydrogen (secondary N) is 2. The Labute approximate surface area is 150 Å². The smallest absolute Gasteiger partial charge is 0.285 e. The van der Waals surface area contributed by atoms with E-state index in [-0.39, 0.29) is 15.5 Å². The van der Waals surface area contributed by atoms with Crippen LogP contribution in [0.25, 0.3) is 10.8 Å². The quantitative estimate of drug-likeness (QED) is 0.719. The highest BCUT2D eigenvalue weighted by atomic mass is 32.2. The Morgan fingerprint density at radius 3 is 2.58 bits per heavy atom. The number of sulfonamides is 2. The van der Waals surface area contributed by atoms with Crippen LogP contribution in [0.15, 0.2) is 74.9 Å². The third-order valence-electron chi connectivity index (χ3n) is 3.99. The van der Waals surface area contributed by atoms with E-state index in [0.717, 1.165) is 23.2 Å². The molecule has 3 aromatic rings. The SMILES string of the molecule is O=S1(=O)N=CNc2ccc(S(=O)(=O)Nc3cccc4ccccc34)cc21. The molecule has 0 amide bonds. The summed E-state index contributed by atoms with van der Waals surface area (Å²) in [5.74, 6) is 0. The Morgan fingerprint density at radius 1 is 0.962 bits per heavy atom. The average molecular weight is 387 g/mol. The molecule has 1 heterocycles. The highest BCUT2D eigenvalue weighted by Gasteiger charge is 2.25. The van der Waals surface area contributed by atoms with Gasteiger partial charge >= 0.3 is 0 Å². The minimum Gasteiger partial charge on any atom is -0.345 e. The van der Waals surface area contributed by atoms with Gasteiger partial charge in [0.05, 0.1) is 16.3 Å². The van der Waals surface area contributed by atoms with Gasteiger partial charge in [0.15, 0.2) is 0 Å². The number of benzene rings is 3. The normalized spacial score (nSPS) is 15.2. The molecule has 26 heavy (non-hydrogen) atoms. The highest BCUT2D eigenvalue weighted by molar-refractivity contribution is 7.93. The van der Waals surface area contributed by atoms with Crippen LogP contribution in [0, 0.1) is 0 Å². The molecule has 7 nitrogen and oxygen atoms in total. The molecule has 9 heteroatoms. The Balaban J connectivity index is 1.79. The maximum absolute atomic E-state index is 12.8. The molecule has 0 fully saturated rings. The Hall–Kier alpha value is -2.91. The van der Waals surface area contributed by atoms with Crippen molar-refractivity contribution in [1.29, 1.82) is 0 Å². The van der Waals surface area contributed by atoms with Crippen LogP contribution in [0.1, 0.15) is 0 Å². The minimum absolute atomic E-state index is 0.161. The van der Waals surface area contributed by atoms with Gasteiger partial charge in [-0.25, -0.2) is 8.42 Å². The van der Waals surface area contributed by atoms with Crippen molar-refractivity contribution in [2.45, 2.75) is 9.79 Å². The van der Waals surface area contributed by atoms with E-state index < -0.39 is 20.0 Å². The Bertz CT molecular complexity index is 1260. The second-order valence-corrected chi connectivity index (χ2v) is 8.93. The lowest BCUT2D eigenvalue weighted by molar-refractivity contribution is 0.597. The molecule has 0 saturated heterocycles. The molecular formula is C17H13N3O4S2. The fraction of sp³-hybridized carbons (Fsp3) is 0. The van der Waals surface area contributed by atoms with E-state index in [9.17, 15) is 16.8 Å². The maximum atomic E-state index is 12.8. The molecule has 0 unspecified atom stereocenters. The Kier molecular flexibility index (Phi) is 3.70. The summed E-state index contributed by atoms with van der Waals surface area (Å²) in [5.41, 5.74) is 0.698. The number of hydrogen-bond donors (Lipinski definition) is 2. The van der Waals surface area contributed by atoms with Crippen LogP contribution in [0.5, 0.6) is 0 Å². The molecule has 0 saturated carbocycles. The van der Waals surface area contributed by atoms with Gasteiger partial charge in [-0.15, -0.1) is 4.40 Å². The maximum Gasteiger partial charge on any atom is 0.285 e. The monoisotopic (exact) mass is 387 g/mol. The van der Waals surface area contributed by atoms with Gasteiger partial charge < -0.3 is 5.32 Å². The summed E-state index contributed by atoms with van der Waals surface area (Å²) in [5, 5.41) is 4.32. The zero-order valence-corrected chi connectivity index (χ0v) is 14.9. The van der Waals surface area contributed by atoms with Crippen molar-refractivity contribution in [2.75, 3.05) is 10.0 Å². The zero-order valence-electron chi connectivity index (χ0n) is 13.2. The van der Waals surface area contributed by atoms with E-state index in [1.807, 2.05) is 30.3 Å². The number of anilines is 2. The van der Waals surface area contributed by atoms with Gasteiger partial charge in [-0.2, -0.15) is 8.42 Å². The first kappa shape index (κ1) is 16.6. The molecule has 3 aromatic carbocycles. The summed E-state index contributed by atoms with van der Waals surface area (Å²) in [6.45, 7) is 0. The lowest BCUT2D eigenvalue weighted by atomic mass is 10.1. The van der Waals surface area contributed by atoms with Crippen molar-refractivity contribution in [3.63, 3.8) is 0 Å². The first-order valence-corrected chi connectivity index (χ1v) is 10.5. The second kappa shape index (κ2) is 5.82. The highest BCUT2D eigenvalue weighted by Crippen LogP contribution is 2.30. The van der Waals surface area contributed by atoms with Crippen LogP contribution in [0.4, 0.5) is 11.4 Å². The zero-order chi connectivity index (χ0) is 18.4. The molecule has 0 spiro atoms. The standard InChI is InChI=1S/C17H13N3O4S2/c21-25(22,20-15-7-3-5-12-4-1-2-6-14(12)15)13-8-9-16-17(10-13)26(23,24)19-11-18-16/h1-11,20H,(H,18,19). The van der Waals surface area contributed by atoms with Gasteiger partial charge in [0, 0.05) is 5.39 Å². The van der Waals surface area contributed by atoms with Crippen molar-refractivity contribution < 1.29 is 16.8 Å². The van der Waals surface area contributed by atoms with Gasteiger partial charge in [0.25, 0.3) is 20.0 Å². The summed E-state index contributed by atoms with van der Waals surface area (Å²) in [4.78, 5) is -0.340. The number of fused-ring (bicyclic) bond motifs is 2. The van der Waals surface area contributed by atoms with Crippen molar-refractivity contribution in [2.24, 2.45) is 4.40 Å². The molecule has 2 N–H and O–H groups in total. The summed E-state index contributed by atoms with van der Waals surface area (Å²) < 4.78 is 55.5. The third-order valence-corrected chi connectivity index (χ3v) is 6.63. The van der Waals surface area contributed by atoms with E-state index in [4.69, 9.17) is 0 Å². The Morgan fingerprint density at radius 2 is 1.73 bits per heavy atom. The molecule has 0 atom stereocenters. The first-order valence-electron chi connectivity index (χ1n) is 7.57. The van der Waals surface area contributed by atoms with Gasteiger partial charge in [0.2, 0.25) is 0 Å². The van der Waals surface area contributed by atoms with E-state index in [0.29, 0.717) is 5.69 Å². The summed E-state index contributed by atoms with van der Waals surface area (Å²) in [6, 6.07) is 16.5. The van der Waals surface area contributed by atoms with Gasteiger partial charge in [-0.3, -0.25) is 4.72 Å². The fourth-order valence-corrected chi connectivity index (χ4v) is 4.91. The van der Waals surface area contributed by atoms with Crippen LogP contribution in [-0.2, 0) is 20.0 Å². The third kappa shape index (κ3) is 2.80. The van der Waals surface area contributed by atoms with Crippen LogP contribution in [0.2, 0.25) is 0 Å². The molecule has 4 rings (SSSR count). The molecule has 1 aliphatic rings. The van der Waals surface area contributed by atoms with Crippen LogP contribution in [-0.4, -0.2) is 23.2 Å². The van der Waals surface area contributed by atoms with Crippen LogP contribution in [0.3, 0.4) is 0 Å². The summed E-state index contributed by atoms with van der Waals surface area (Å²) in [7, 11) is -7.90. The summed E-state index contributed by atoms with van der Waals surface area (Å²) in [6.07, 6.45) is 1.06. The predicted octanol–water partition coefficient (Wildman–Crippen LogP) is 2.78. The van der Waals surface area contributed by atoms with Gasteiger partial charge in [-0.05, 0) is 29.7 Å². The molecule has 0 bridgehead atoms. The predicted molar refractivity (Wildman–Crippen MR) is 100 cm³/mol. The van der Waals surface area contributed by atoms with Crippen molar-refractivity contribution in [1.82, 2.24) is 0 Å². The summed E-state index contributed by atoms with van der Waals surface area (Å²) >= 11 is 0. The number of nitrogens with zero attached hydrogens (tertiary/aromatic N) is 1. The molecule has 132 valence electrons. The molecule has 0 aliphatic carbocycles. The molecule has 0 aromatic heterocycles. The molecular weight excluding hydrogens is 374 g/mol. The first-order chi connectivity index (χ1) is 12.4. The van der Waals surface area contributed by atoms with Crippen molar-refractivity contribution >= 4 is 48.5 Å². The lowest BCUT2D eigenvalue weighted by Gasteiger charge is -2.15. The van der Waals surface area contributed by atoms with E-state index in [1.54, 1.807) is 12.1 Å². The second-order valence-electron chi connectivity index (χ2n) is 5.64. The van der Waals surface area contributed by atoms with E-state index >= 15 is 0 Å². The largest absolute Gasteiger partial charge is 0.345 e. The number of hydrogen-bond acceptors (Lipinski definition) is 5. The lowest BCUT2D eigenvalue weighted by Crippen LogP contribution is -2.16.